The summed E-state index contributed by atoms with van der Waals surface area (Å²) in [6.07, 6.45) is 7.23. The Balaban J connectivity index is 0.00000137. The largest absolute Gasteiger partial charge is 0.399 e. The number of hydrogen-bond acceptors (Lipinski definition) is 3. The summed E-state index contributed by atoms with van der Waals surface area (Å²) in [4.78, 5) is 0. The molecular weight excluding hydrogens is 222 g/mol. The summed E-state index contributed by atoms with van der Waals surface area (Å²) in [5.41, 5.74) is 7.85. The zero-order valence-corrected chi connectivity index (χ0v) is 11.3. The third-order valence-electron chi connectivity index (χ3n) is 1.87. The Morgan fingerprint density at radius 2 is 1.83 bits per heavy atom. The molecule has 0 fully saturated rings. The van der Waals surface area contributed by atoms with Crippen LogP contribution in [0.4, 0.5) is 11.4 Å². The second kappa shape index (κ2) is 10.0. The Labute approximate surface area is 109 Å². The first-order chi connectivity index (χ1) is 8.76. The third kappa shape index (κ3) is 6.43. The van der Waals surface area contributed by atoms with Crippen LogP contribution in [0, 0.1) is 0 Å². The van der Waals surface area contributed by atoms with Crippen molar-refractivity contribution in [3.05, 3.63) is 60.8 Å². The molecule has 0 amide bonds. The van der Waals surface area contributed by atoms with Gasteiger partial charge in [0.05, 0.1) is 11.4 Å². The first kappa shape index (κ1) is 15.8. The van der Waals surface area contributed by atoms with Gasteiger partial charge in [-0.2, -0.15) is 10.2 Å². The minimum atomic E-state index is 0.719. The molecule has 0 saturated carbocycles. The highest BCUT2D eigenvalue weighted by atomic mass is 15.1. The quantitative estimate of drug-likeness (QED) is 0.450. The Bertz CT molecular complexity index is 426. The minimum absolute atomic E-state index is 0.719. The number of nitrogens with two attached hydrogens (primary N) is 1. The van der Waals surface area contributed by atoms with Gasteiger partial charge >= 0.3 is 0 Å². The molecule has 2 N–H and O–H groups in total. The lowest BCUT2D eigenvalue weighted by atomic mass is 10.3. The van der Waals surface area contributed by atoms with Crippen molar-refractivity contribution in [2.75, 3.05) is 5.73 Å². The van der Waals surface area contributed by atoms with Crippen molar-refractivity contribution in [3.63, 3.8) is 0 Å². The van der Waals surface area contributed by atoms with E-state index in [-0.39, 0.29) is 0 Å². The van der Waals surface area contributed by atoms with Crippen LogP contribution in [0.15, 0.2) is 71.1 Å². The van der Waals surface area contributed by atoms with Crippen molar-refractivity contribution in [2.24, 2.45) is 10.2 Å². The summed E-state index contributed by atoms with van der Waals surface area (Å²) < 4.78 is 0. The molecule has 0 aliphatic carbocycles. The second-order valence-corrected chi connectivity index (χ2v) is 3.10. The molecule has 0 aliphatic rings. The highest BCUT2D eigenvalue weighted by Gasteiger charge is 1.89. The average Bonchev–Trinajstić information content (AvgIpc) is 2.43. The van der Waals surface area contributed by atoms with Gasteiger partial charge in [0.2, 0.25) is 0 Å². The molecule has 0 spiro atoms. The Kier molecular flexibility index (Phi) is 8.82. The monoisotopic (exact) mass is 243 g/mol. The summed E-state index contributed by atoms with van der Waals surface area (Å²) in [5.74, 6) is 0. The van der Waals surface area contributed by atoms with E-state index in [0.29, 0.717) is 0 Å². The van der Waals surface area contributed by atoms with Crippen LogP contribution in [-0.4, -0.2) is 0 Å². The normalized spacial score (nSPS) is 11.4. The van der Waals surface area contributed by atoms with E-state index in [4.69, 9.17) is 5.73 Å². The molecule has 96 valence electrons. The van der Waals surface area contributed by atoms with Crippen LogP contribution in [0.5, 0.6) is 0 Å². The Morgan fingerprint density at radius 3 is 2.33 bits per heavy atom. The maximum atomic E-state index is 5.57. The van der Waals surface area contributed by atoms with Crippen LogP contribution in [0.25, 0.3) is 0 Å². The maximum Gasteiger partial charge on any atom is 0.0858 e. The molecule has 0 bridgehead atoms. The van der Waals surface area contributed by atoms with Crippen molar-refractivity contribution in [3.8, 4) is 0 Å². The summed E-state index contributed by atoms with van der Waals surface area (Å²) >= 11 is 0. The number of hydrogen-bond donors (Lipinski definition) is 1. The molecular formula is C15H21N3. The summed E-state index contributed by atoms with van der Waals surface area (Å²) in [6.45, 7) is 9.50. The molecule has 1 rings (SSSR count). The van der Waals surface area contributed by atoms with E-state index < -0.39 is 0 Å². The third-order valence-corrected chi connectivity index (χ3v) is 1.87. The van der Waals surface area contributed by atoms with E-state index in [9.17, 15) is 0 Å². The van der Waals surface area contributed by atoms with Crippen LogP contribution < -0.4 is 5.73 Å². The van der Waals surface area contributed by atoms with Gasteiger partial charge in [-0.3, -0.25) is 0 Å². The van der Waals surface area contributed by atoms with E-state index in [1.54, 1.807) is 18.2 Å². The van der Waals surface area contributed by atoms with Crippen molar-refractivity contribution < 1.29 is 0 Å². The van der Waals surface area contributed by atoms with Gasteiger partial charge in [-0.25, -0.2) is 0 Å². The fourth-order valence-corrected chi connectivity index (χ4v) is 1.01. The number of rotatable bonds is 4. The highest BCUT2D eigenvalue weighted by Crippen LogP contribution is 2.15. The lowest BCUT2D eigenvalue weighted by molar-refractivity contribution is 1.16. The van der Waals surface area contributed by atoms with Crippen LogP contribution in [-0.2, 0) is 0 Å². The van der Waals surface area contributed by atoms with Gasteiger partial charge in [0.25, 0.3) is 0 Å². The van der Waals surface area contributed by atoms with Gasteiger partial charge in [-0.05, 0) is 37.3 Å². The van der Waals surface area contributed by atoms with Crippen molar-refractivity contribution >= 4 is 11.4 Å². The van der Waals surface area contributed by atoms with Gasteiger partial charge in [0, 0.05) is 5.69 Å². The highest BCUT2D eigenvalue weighted by molar-refractivity contribution is 5.47. The Hall–Kier alpha value is -2.16. The lowest BCUT2D eigenvalue weighted by Gasteiger charge is -1.94. The molecule has 0 atom stereocenters. The van der Waals surface area contributed by atoms with Crippen LogP contribution in [0.1, 0.15) is 20.8 Å². The molecule has 1 aromatic carbocycles. The summed E-state index contributed by atoms with van der Waals surface area (Å²) in [6, 6.07) is 7.24. The van der Waals surface area contributed by atoms with Gasteiger partial charge in [0.15, 0.2) is 0 Å². The Morgan fingerprint density at radius 1 is 1.22 bits per heavy atom. The number of anilines is 1. The maximum absolute atomic E-state index is 5.57. The molecule has 3 heteroatoms. The SMILES string of the molecule is C=C/C=C\C(=C/C)N=Nc1ccc(N)cc1.CC. The van der Waals surface area contributed by atoms with Crippen LogP contribution >= 0.6 is 0 Å². The standard InChI is InChI=1S/C13H15N3.C2H6/c1-3-5-6-12(4-2)15-16-13-9-7-11(14)8-10-13;1-2/h3-10H,1,14H2,2H3;1-2H3/b6-5-,12-4+,16-15?;. The zero-order chi connectivity index (χ0) is 13.8. The molecule has 0 aliphatic heterocycles. The molecule has 0 unspecified atom stereocenters. The summed E-state index contributed by atoms with van der Waals surface area (Å²) in [5, 5.41) is 8.18. The van der Waals surface area contributed by atoms with E-state index in [0.717, 1.165) is 17.1 Å². The molecule has 0 radical (unpaired) electrons. The fraction of sp³-hybridized carbons (Fsp3) is 0.200. The zero-order valence-electron chi connectivity index (χ0n) is 11.3. The molecule has 3 nitrogen and oxygen atoms in total. The molecule has 1 aromatic rings. The van der Waals surface area contributed by atoms with Crippen molar-refractivity contribution in [1.29, 1.82) is 0 Å². The van der Waals surface area contributed by atoms with Crippen molar-refractivity contribution in [1.82, 2.24) is 0 Å². The van der Waals surface area contributed by atoms with Gasteiger partial charge < -0.3 is 5.73 Å². The molecule has 18 heavy (non-hydrogen) atoms. The van der Waals surface area contributed by atoms with Crippen LogP contribution in [0.2, 0.25) is 0 Å². The first-order valence-corrected chi connectivity index (χ1v) is 5.99. The number of azo groups is 1. The van der Waals surface area contributed by atoms with Gasteiger partial charge in [-0.1, -0.05) is 38.7 Å². The first-order valence-electron chi connectivity index (χ1n) is 5.99. The van der Waals surface area contributed by atoms with E-state index in [1.807, 2.05) is 51.1 Å². The van der Waals surface area contributed by atoms with Crippen molar-refractivity contribution in [2.45, 2.75) is 20.8 Å². The minimum Gasteiger partial charge on any atom is -0.399 e. The van der Waals surface area contributed by atoms with Gasteiger partial charge in [0.1, 0.15) is 0 Å². The molecule has 0 aromatic heterocycles. The second-order valence-electron chi connectivity index (χ2n) is 3.10. The topological polar surface area (TPSA) is 50.7 Å². The molecule has 0 heterocycles. The lowest BCUT2D eigenvalue weighted by Crippen LogP contribution is -1.80. The number of nitrogen functional groups attached to an aromatic ring is 1. The number of benzene rings is 1. The van der Waals surface area contributed by atoms with E-state index >= 15 is 0 Å². The van der Waals surface area contributed by atoms with Crippen LogP contribution in [0.3, 0.4) is 0 Å². The average molecular weight is 243 g/mol. The number of allylic oxidation sites excluding steroid dienone is 4. The van der Waals surface area contributed by atoms with E-state index in [2.05, 4.69) is 16.8 Å². The number of nitrogens with zero attached hydrogens (tertiary/aromatic N) is 2. The predicted octanol–water partition coefficient (Wildman–Crippen LogP) is 5.02. The predicted molar refractivity (Wildman–Crippen MR) is 79.8 cm³/mol. The van der Waals surface area contributed by atoms with Gasteiger partial charge in [-0.15, -0.1) is 0 Å². The van der Waals surface area contributed by atoms with E-state index in [1.165, 1.54) is 0 Å². The molecule has 0 saturated heterocycles. The fourth-order valence-electron chi connectivity index (χ4n) is 1.01. The smallest absolute Gasteiger partial charge is 0.0858 e. The summed E-state index contributed by atoms with van der Waals surface area (Å²) in [7, 11) is 0.